The number of methoxy groups -OCH3 is 2. The molecule has 0 radical (unpaired) electrons. The van der Waals surface area contributed by atoms with Crippen LogP contribution in [0.3, 0.4) is 0 Å². The van der Waals surface area contributed by atoms with Gasteiger partial charge in [0, 0.05) is 66.7 Å². The Bertz CT molecular complexity index is 6820. The van der Waals surface area contributed by atoms with E-state index >= 15 is 0 Å². The standard InChI is InChI=1S/C22H21F2N7O.C22H20F2N6O2.C21H18F2N6O2.C15H13ClF2N4.C7H8N2O2.C4H8O.CH3F.2CH4.Li.2H2O/c1-11(2)31-12(3)28-20-15(23)7-13(8-18(20)31)19-16(24)10-27-22(30-19)29-14-5-6-17(26-9-14)21(32)25-4;1-11(2)30-12(3)27-20-15(23)7-13(8-18(20)30)19-16(24)10-26-22(29-19)28-14-5-6-17(25-9-14)21(31)32-4;1-10(2)29-11(3)26-19-14(22)6-12(7-17(19)29)18-15(23)9-25-21(28-18)27-13-4-5-16(20(30)31)24-8-13;1-7(2)22-8(3)20-14-10(17)4-9(5-12(14)22)13-11(18)6-19-15(16)21-13;1-11-7(10)6-3-2-5(8)4-9-6;1-2-4-5-3-1;1-2;;;;;/h5-11H,1-4H3,(H,25,32)(H,27,29,30);5-11H,1-4H3,(H,26,28,29);4-10H,1-3H3,(H,30,31)(H,25,27,28);4-7H,1-3H3;2-4H,8H2,1H3;1-4H2;1H3;2*1H4;;2*1H2/q;;;;;;;;;+1;;/p-1/i;;;;;;1D;;;;;. The number of nitrogen functional groups attached to an aromatic ring is 1. The molecule has 17 rings (SSSR count). The molecule has 1 fully saturated rings. The molecular weight excluding hydrogens is 1850 g/mol. The number of esters is 2. The molecule has 16 aromatic rings. The number of nitrogens with one attached hydrogen (secondary N) is 4. The summed E-state index contributed by atoms with van der Waals surface area (Å²) >= 11 is 5.71. The average molecular weight is 1960 g/mol. The molecule has 734 valence electrons. The topological polar surface area (TPSA) is 478 Å². The number of aromatic nitrogens is 20. The van der Waals surface area contributed by atoms with Crippen LogP contribution in [-0.4, -0.2) is 180 Å². The monoisotopic (exact) mass is 1950 g/mol. The molecule has 13 heterocycles. The molecule has 140 heavy (non-hydrogen) atoms. The number of imidazole rings is 4. The van der Waals surface area contributed by atoms with Gasteiger partial charge in [0.15, 0.2) is 46.5 Å². The number of nitrogens with zero attached hydrogens (tertiary/aromatic N) is 20. The summed E-state index contributed by atoms with van der Waals surface area (Å²) in [5.41, 5.74) is 11.9. The van der Waals surface area contributed by atoms with E-state index in [4.69, 9.17) is 28.5 Å². The number of carboxylic acids is 1. The summed E-state index contributed by atoms with van der Waals surface area (Å²) < 4.78 is 153. The molecule has 0 atom stereocenters. The molecule has 1 aliphatic rings. The number of aromatic carboxylic acids is 1. The third kappa shape index (κ3) is 27.0. The number of carbonyl (C=O) groups excluding carboxylic acids is 3. The summed E-state index contributed by atoms with van der Waals surface area (Å²) in [6, 6.07) is 23.8. The van der Waals surface area contributed by atoms with E-state index in [1.807, 2.05) is 73.7 Å². The van der Waals surface area contributed by atoms with Crippen LogP contribution in [-0.2, 0) is 14.2 Å². The van der Waals surface area contributed by atoms with E-state index in [0.717, 1.165) is 38.0 Å². The zero-order valence-electron chi connectivity index (χ0n) is 78.3. The van der Waals surface area contributed by atoms with Gasteiger partial charge < -0.3 is 75.5 Å². The molecule has 0 spiro atoms. The summed E-state index contributed by atoms with van der Waals surface area (Å²) in [4.78, 5) is 109. The molecular formula is C94H102ClF9LiN25O10. The summed E-state index contributed by atoms with van der Waals surface area (Å²) in [6.07, 6.45) is 12.1. The number of carboxylic acid groups (broad SMARTS) is 1. The number of amides is 1. The molecule has 0 unspecified atom stereocenters. The maximum Gasteiger partial charge on any atom is 1.00 e. The van der Waals surface area contributed by atoms with Crippen LogP contribution in [0.5, 0.6) is 0 Å². The Kier molecular flexibility index (Phi) is 40.6. The van der Waals surface area contributed by atoms with Gasteiger partial charge in [0.05, 0.1) is 117 Å². The molecule has 1 saturated heterocycles. The number of anilines is 7. The van der Waals surface area contributed by atoms with Crippen molar-refractivity contribution in [1.82, 2.24) is 103 Å². The number of halogens is 10. The van der Waals surface area contributed by atoms with Crippen molar-refractivity contribution in [3.8, 4) is 45.0 Å². The van der Waals surface area contributed by atoms with Gasteiger partial charge in [0.25, 0.3) is 5.91 Å². The normalized spacial score (nSPS) is 11.2. The Balaban J connectivity index is 0.000000269. The Hall–Kier alpha value is -15.1. The number of hydrogen-bond donors (Lipinski definition) is 6. The molecule has 0 bridgehead atoms. The summed E-state index contributed by atoms with van der Waals surface area (Å²) in [7, 11) is 3.08. The second-order valence-electron chi connectivity index (χ2n) is 30.6. The SMILES string of the molecule is C.C.C1CCOC1.CNC(=O)c1ccc(Nc2ncc(F)c(-c3cc(F)c4nc(C)n(C(C)C)c4c3)n2)cn1.COC(=O)c1ccc(N)cn1.COC(=O)c1ccc(Nc2ncc(F)c(-c3cc(F)c4nc(C)n(C(C)C)c4c3)n2)cn1.Cc1nc2c(F)cc(-c3nc(Cl)ncc3F)cc2n1C(C)C.Cc1nc2c(F)cc(-c3nc(Nc4ccc(C(=O)O)nc4)ncc3F)cc2n1C(C)C.O.[2H]CF.[Li+].[OH-]. The van der Waals surface area contributed by atoms with Gasteiger partial charge >= 0.3 is 36.8 Å². The quantitative estimate of drug-likeness (QED) is 0.0201. The molecule has 46 heteroatoms. The van der Waals surface area contributed by atoms with E-state index in [1.165, 1.54) is 113 Å². The predicted octanol–water partition coefficient (Wildman–Crippen LogP) is 16.7. The molecule has 35 nitrogen and oxygen atoms in total. The largest absolute Gasteiger partial charge is 1.00 e. The fraction of sp³-hybridized carbons (Fsp3) is 0.277. The Morgan fingerprint density at radius 2 is 0.707 bits per heavy atom. The van der Waals surface area contributed by atoms with E-state index < -0.39 is 71.6 Å². The molecule has 1 aliphatic heterocycles. The number of pyridine rings is 4. The van der Waals surface area contributed by atoms with Gasteiger partial charge in [-0.05, 0) is 205 Å². The number of benzene rings is 4. The van der Waals surface area contributed by atoms with Crippen molar-refractivity contribution >= 4 is 120 Å². The van der Waals surface area contributed by atoms with Crippen LogP contribution in [0.4, 0.5) is 80.1 Å². The van der Waals surface area contributed by atoms with Crippen LogP contribution in [0.15, 0.2) is 147 Å². The van der Waals surface area contributed by atoms with Crippen LogP contribution in [0, 0.1) is 74.2 Å². The van der Waals surface area contributed by atoms with Crippen molar-refractivity contribution < 1.29 is 109 Å². The molecule has 1 amide bonds. The zero-order valence-corrected chi connectivity index (χ0v) is 78.0. The van der Waals surface area contributed by atoms with Crippen LogP contribution in [0.25, 0.3) is 89.2 Å². The van der Waals surface area contributed by atoms with Gasteiger partial charge in [-0.3, -0.25) is 9.18 Å². The molecule has 12 aromatic heterocycles. The van der Waals surface area contributed by atoms with Crippen molar-refractivity contribution in [2.45, 2.75) is 135 Å². The van der Waals surface area contributed by atoms with E-state index in [9.17, 15) is 58.7 Å². The number of carbonyl (C=O) groups is 4. The fourth-order valence-electron chi connectivity index (χ4n) is 14.2. The minimum Gasteiger partial charge on any atom is -0.870 e. The molecule has 0 saturated carbocycles. The number of fused-ring (bicyclic) bond motifs is 4. The predicted molar refractivity (Wildman–Crippen MR) is 509 cm³/mol. The first-order chi connectivity index (χ1) is 64.8. The van der Waals surface area contributed by atoms with E-state index in [1.54, 1.807) is 70.2 Å². The van der Waals surface area contributed by atoms with E-state index in [0.29, 0.717) is 73.7 Å². The number of rotatable bonds is 18. The summed E-state index contributed by atoms with van der Waals surface area (Å²) in [5.74, 6) is -4.52. The summed E-state index contributed by atoms with van der Waals surface area (Å²) in [6.45, 7) is 24.9. The second-order valence-corrected chi connectivity index (χ2v) is 31.0. The van der Waals surface area contributed by atoms with E-state index in [2.05, 4.69) is 110 Å². The van der Waals surface area contributed by atoms with Crippen LogP contribution in [0.1, 0.15) is 174 Å². The van der Waals surface area contributed by atoms with E-state index in [-0.39, 0.29) is 182 Å². The first kappa shape index (κ1) is 112. The van der Waals surface area contributed by atoms with Crippen LogP contribution >= 0.6 is 11.6 Å². The second kappa shape index (κ2) is 50.8. The zero-order chi connectivity index (χ0) is 98.8. The number of nitrogens with two attached hydrogens (primary N) is 1. The van der Waals surface area contributed by atoms with Crippen molar-refractivity contribution in [3.63, 3.8) is 0 Å². The first-order valence-electron chi connectivity index (χ1n) is 42.0. The van der Waals surface area contributed by atoms with Gasteiger partial charge in [-0.25, -0.2) is 129 Å². The first-order valence-corrected chi connectivity index (χ1v) is 41.7. The van der Waals surface area contributed by atoms with Crippen molar-refractivity contribution in [2.75, 3.05) is 63.3 Å². The Morgan fingerprint density at radius 1 is 0.429 bits per heavy atom. The number of hydrogen-bond acceptors (Lipinski definition) is 28. The van der Waals surface area contributed by atoms with Gasteiger partial charge in [0.2, 0.25) is 23.1 Å². The third-order valence-electron chi connectivity index (χ3n) is 19.9. The van der Waals surface area contributed by atoms with Gasteiger partial charge in [-0.15, -0.1) is 0 Å². The smallest absolute Gasteiger partial charge is 0.870 e. The maximum atomic E-state index is 14.8. The number of alkyl halides is 1. The molecule has 10 N–H and O–H groups in total. The minimum absolute atomic E-state index is 0. The van der Waals surface area contributed by atoms with Gasteiger partial charge in [0.1, 0.15) is 90.9 Å². The fourth-order valence-corrected chi connectivity index (χ4v) is 14.3. The Labute approximate surface area is 816 Å². The third-order valence-corrected chi connectivity index (χ3v) is 20.1. The van der Waals surface area contributed by atoms with Crippen molar-refractivity contribution in [1.29, 1.82) is 0 Å². The minimum atomic E-state index is -1.15. The average Bonchev–Trinajstić information content (AvgIpc) is 1.78. The number of aryl methyl sites for hydroxylation is 4. The van der Waals surface area contributed by atoms with Crippen molar-refractivity contribution in [2.24, 2.45) is 0 Å². The van der Waals surface area contributed by atoms with Crippen molar-refractivity contribution in [3.05, 3.63) is 245 Å². The van der Waals surface area contributed by atoms with Crippen LogP contribution in [0.2, 0.25) is 5.28 Å². The Morgan fingerprint density at radius 3 is 0.957 bits per heavy atom. The molecule has 0 aliphatic carbocycles. The van der Waals surface area contributed by atoms with Gasteiger partial charge in [-0.1, -0.05) is 14.9 Å². The van der Waals surface area contributed by atoms with Gasteiger partial charge in [-0.2, -0.15) is 0 Å². The molecule has 4 aromatic carbocycles. The number of ether oxygens (including phenoxy) is 3. The maximum absolute atomic E-state index is 14.8. The summed E-state index contributed by atoms with van der Waals surface area (Å²) in [5, 5.41) is 20.0. The van der Waals surface area contributed by atoms with Crippen LogP contribution < -0.4 is 45.9 Å².